The van der Waals surface area contributed by atoms with E-state index in [0.717, 1.165) is 18.1 Å². The summed E-state index contributed by atoms with van der Waals surface area (Å²) in [7, 11) is -2.47. The molecule has 2 nitrogen and oxygen atoms in total. The molecule has 1 aromatic rings. The van der Waals surface area contributed by atoms with Gasteiger partial charge in [0, 0.05) is 11.5 Å². The average Bonchev–Trinajstić information content (AvgIpc) is 2.20. The van der Waals surface area contributed by atoms with Crippen molar-refractivity contribution in [1.29, 1.82) is 0 Å². The first kappa shape index (κ1) is 8.98. The van der Waals surface area contributed by atoms with Crippen LogP contribution in [-0.4, -0.2) is 12.8 Å². The van der Waals surface area contributed by atoms with Gasteiger partial charge in [-0.15, -0.1) is 0 Å². The first-order chi connectivity index (χ1) is 6.31. The van der Waals surface area contributed by atoms with Gasteiger partial charge in [0.15, 0.2) is 0 Å². The first-order valence-electron chi connectivity index (χ1n) is 4.60. The molecule has 1 atom stereocenters. The third-order valence-corrected chi connectivity index (χ3v) is 4.89. The normalized spacial score (nSPS) is 28.6. The molecular weight excluding hydrogens is 183 g/mol. The van der Waals surface area contributed by atoms with Crippen LogP contribution in [0.25, 0.3) is 0 Å². The van der Waals surface area contributed by atoms with Crippen LogP contribution in [0.3, 0.4) is 0 Å². The molecule has 2 rings (SSSR count). The van der Waals surface area contributed by atoms with E-state index in [4.69, 9.17) is 4.52 Å². The molecule has 1 heterocycles. The van der Waals surface area contributed by atoms with Crippen LogP contribution in [0.2, 0.25) is 0 Å². The summed E-state index contributed by atoms with van der Waals surface area (Å²) in [6, 6.07) is 9.54. The summed E-state index contributed by atoms with van der Waals surface area (Å²) < 4.78 is 17.6. The van der Waals surface area contributed by atoms with Gasteiger partial charge in [0.05, 0.1) is 6.61 Å². The van der Waals surface area contributed by atoms with Crippen molar-refractivity contribution in [1.82, 2.24) is 0 Å². The summed E-state index contributed by atoms with van der Waals surface area (Å²) in [5, 5.41) is 0.870. The van der Waals surface area contributed by atoms with Gasteiger partial charge in [0.2, 0.25) is 7.37 Å². The van der Waals surface area contributed by atoms with Gasteiger partial charge in [-0.3, -0.25) is 4.57 Å². The Morgan fingerprint density at radius 3 is 2.54 bits per heavy atom. The fourth-order valence-electron chi connectivity index (χ4n) is 1.56. The summed E-state index contributed by atoms with van der Waals surface area (Å²) in [4.78, 5) is 0. The minimum Gasteiger partial charge on any atom is -0.325 e. The van der Waals surface area contributed by atoms with Crippen molar-refractivity contribution in [2.45, 2.75) is 12.8 Å². The number of rotatable bonds is 1. The smallest absolute Gasteiger partial charge is 0.232 e. The van der Waals surface area contributed by atoms with E-state index in [-0.39, 0.29) is 0 Å². The van der Waals surface area contributed by atoms with Gasteiger partial charge in [-0.25, -0.2) is 0 Å². The summed E-state index contributed by atoms with van der Waals surface area (Å²) in [5.41, 5.74) is 0. The Bertz CT molecular complexity index is 311. The zero-order valence-electron chi connectivity index (χ0n) is 7.48. The molecule has 0 aliphatic carbocycles. The zero-order valence-corrected chi connectivity index (χ0v) is 8.37. The van der Waals surface area contributed by atoms with E-state index in [0.29, 0.717) is 12.8 Å². The second-order valence-corrected chi connectivity index (χ2v) is 5.84. The van der Waals surface area contributed by atoms with Crippen LogP contribution >= 0.6 is 7.37 Å². The van der Waals surface area contributed by atoms with Crippen molar-refractivity contribution in [2.24, 2.45) is 0 Å². The standard InChI is InChI=1S/C10H13O2P/c11-13(9-5-4-8-12-13)10-6-2-1-3-7-10/h1-3,6-7H,4-5,8-9H2. The number of hydrogen-bond donors (Lipinski definition) is 0. The van der Waals surface area contributed by atoms with Crippen LogP contribution in [-0.2, 0) is 9.09 Å². The molecule has 0 radical (unpaired) electrons. The maximum atomic E-state index is 12.2. The maximum absolute atomic E-state index is 12.2. The molecule has 0 saturated carbocycles. The molecule has 70 valence electrons. The molecule has 1 aliphatic heterocycles. The van der Waals surface area contributed by atoms with E-state index in [2.05, 4.69) is 0 Å². The predicted molar refractivity (Wildman–Crippen MR) is 53.7 cm³/mol. The van der Waals surface area contributed by atoms with Gasteiger partial charge in [-0.1, -0.05) is 18.2 Å². The molecular formula is C10H13O2P. The quantitative estimate of drug-likeness (QED) is 0.644. The number of hydrogen-bond acceptors (Lipinski definition) is 2. The highest BCUT2D eigenvalue weighted by molar-refractivity contribution is 7.67. The molecule has 1 unspecified atom stereocenters. The van der Waals surface area contributed by atoms with Crippen LogP contribution in [0.15, 0.2) is 30.3 Å². The van der Waals surface area contributed by atoms with E-state index >= 15 is 0 Å². The summed E-state index contributed by atoms with van der Waals surface area (Å²) >= 11 is 0. The largest absolute Gasteiger partial charge is 0.325 e. The molecule has 3 heteroatoms. The molecule has 0 spiro atoms. The van der Waals surface area contributed by atoms with Crippen molar-refractivity contribution < 1.29 is 9.09 Å². The summed E-state index contributed by atoms with van der Waals surface area (Å²) in [6.07, 6.45) is 2.76. The van der Waals surface area contributed by atoms with Crippen molar-refractivity contribution >= 4 is 12.7 Å². The molecule has 0 bridgehead atoms. The van der Waals surface area contributed by atoms with Gasteiger partial charge >= 0.3 is 0 Å². The second-order valence-electron chi connectivity index (χ2n) is 3.27. The van der Waals surface area contributed by atoms with Gasteiger partial charge in [-0.2, -0.15) is 0 Å². The van der Waals surface area contributed by atoms with Crippen molar-refractivity contribution in [3.8, 4) is 0 Å². The van der Waals surface area contributed by atoms with Gasteiger partial charge < -0.3 is 4.52 Å². The maximum Gasteiger partial charge on any atom is 0.232 e. The van der Waals surface area contributed by atoms with Gasteiger partial charge in [0.1, 0.15) is 0 Å². The molecule has 0 amide bonds. The summed E-state index contributed by atoms with van der Waals surface area (Å²) in [6.45, 7) is 0.645. The molecule has 13 heavy (non-hydrogen) atoms. The highest BCUT2D eigenvalue weighted by Gasteiger charge is 2.27. The monoisotopic (exact) mass is 196 g/mol. The average molecular weight is 196 g/mol. The van der Waals surface area contributed by atoms with Crippen LogP contribution in [0, 0.1) is 0 Å². The van der Waals surface area contributed by atoms with E-state index in [1.165, 1.54) is 0 Å². The first-order valence-corrected chi connectivity index (χ1v) is 6.41. The van der Waals surface area contributed by atoms with E-state index < -0.39 is 7.37 Å². The highest BCUT2D eigenvalue weighted by Crippen LogP contribution is 2.48. The zero-order chi connectivity index (χ0) is 9.15. The Morgan fingerprint density at radius 2 is 1.92 bits per heavy atom. The SMILES string of the molecule is O=P1(c2ccccc2)CCCCO1. The van der Waals surface area contributed by atoms with Crippen molar-refractivity contribution in [3.05, 3.63) is 30.3 Å². The lowest BCUT2D eigenvalue weighted by Gasteiger charge is -2.22. The lowest BCUT2D eigenvalue weighted by Crippen LogP contribution is -2.15. The third-order valence-electron chi connectivity index (χ3n) is 2.30. The number of benzene rings is 1. The van der Waals surface area contributed by atoms with Crippen LogP contribution in [0.4, 0.5) is 0 Å². The van der Waals surface area contributed by atoms with Crippen LogP contribution < -0.4 is 5.30 Å². The molecule has 1 saturated heterocycles. The lowest BCUT2D eigenvalue weighted by molar-refractivity contribution is 0.293. The Morgan fingerprint density at radius 1 is 1.15 bits per heavy atom. The molecule has 1 aromatic carbocycles. The van der Waals surface area contributed by atoms with E-state index in [9.17, 15) is 4.57 Å². The van der Waals surface area contributed by atoms with Crippen LogP contribution in [0.5, 0.6) is 0 Å². The van der Waals surface area contributed by atoms with Crippen LogP contribution in [0.1, 0.15) is 12.8 Å². The topological polar surface area (TPSA) is 26.3 Å². The molecule has 0 aromatic heterocycles. The predicted octanol–water partition coefficient (Wildman–Crippen LogP) is 2.40. The van der Waals surface area contributed by atoms with Gasteiger partial charge in [0.25, 0.3) is 0 Å². The van der Waals surface area contributed by atoms with E-state index in [1.54, 1.807) is 0 Å². The minimum absolute atomic E-state index is 0.645. The van der Waals surface area contributed by atoms with Gasteiger partial charge in [-0.05, 0) is 25.0 Å². The fourth-order valence-corrected chi connectivity index (χ4v) is 3.78. The Balaban J connectivity index is 2.29. The third kappa shape index (κ3) is 1.84. The summed E-state index contributed by atoms with van der Waals surface area (Å²) in [5.74, 6) is 0. The Hall–Kier alpha value is -0.590. The fraction of sp³-hybridized carbons (Fsp3) is 0.400. The highest BCUT2D eigenvalue weighted by atomic mass is 31.2. The Labute approximate surface area is 78.4 Å². The van der Waals surface area contributed by atoms with Crippen molar-refractivity contribution in [2.75, 3.05) is 12.8 Å². The van der Waals surface area contributed by atoms with E-state index in [1.807, 2.05) is 30.3 Å². The molecule has 1 fully saturated rings. The minimum atomic E-state index is -2.47. The van der Waals surface area contributed by atoms with Crippen molar-refractivity contribution in [3.63, 3.8) is 0 Å². The molecule has 1 aliphatic rings. The Kier molecular flexibility index (Phi) is 2.52. The second kappa shape index (κ2) is 3.65. The lowest BCUT2D eigenvalue weighted by atomic mass is 10.4. The molecule has 0 N–H and O–H groups in total.